The summed E-state index contributed by atoms with van der Waals surface area (Å²) < 4.78 is 47.6. The molecule has 0 spiro atoms. The Morgan fingerprint density at radius 2 is 1.72 bits per heavy atom. The summed E-state index contributed by atoms with van der Waals surface area (Å²) in [5.74, 6) is -1.23. The molecular weight excluding hydrogens is 483 g/mol. The van der Waals surface area contributed by atoms with Crippen LogP contribution < -0.4 is 5.32 Å². The van der Waals surface area contributed by atoms with Crippen LogP contribution in [0.2, 0.25) is 0 Å². The molecular formula is C23H20F3N5O5. The van der Waals surface area contributed by atoms with Crippen molar-refractivity contribution in [2.75, 3.05) is 13.2 Å². The lowest BCUT2D eigenvalue weighted by atomic mass is 10.1. The molecule has 13 heteroatoms. The van der Waals surface area contributed by atoms with E-state index in [0.29, 0.717) is 5.56 Å². The fraction of sp³-hybridized carbons (Fsp3) is 0.217. The summed E-state index contributed by atoms with van der Waals surface area (Å²) in [7, 11) is 0. The third-order valence-corrected chi connectivity index (χ3v) is 5.22. The lowest BCUT2D eigenvalue weighted by molar-refractivity contribution is -0.142. The standard InChI is InChI=1S/C23H20F3N5O5/c24-23(25,26)19-17(10-27-31(19)16-4-2-1-3-5-16)22-29-20(30-36-22)14-8-6-13(7-9-14)18(34)21(35)28-15(11-32)12-33/h1-10,15,18,32-34H,11-12H2,(H,28,35). The first-order valence-corrected chi connectivity index (χ1v) is 10.6. The molecule has 4 rings (SSSR count). The first-order chi connectivity index (χ1) is 17.2. The molecule has 0 fully saturated rings. The third kappa shape index (κ3) is 5.12. The number of amides is 1. The number of halogens is 3. The molecule has 2 heterocycles. The number of rotatable bonds is 8. The fourth-order valence-electron chi connectivity index (χ4n) is 3.39. The van der Waals surface area contributed by atoms with E-state index in [-0.39, 0.29) is 23.0 Å². The zero-order chi connectivity index (χ0) is 25.9. The molecule has 0 aliphatic rings. The van der Waals surface area contributed by atoms with Crippen molar-refractivity contribution in [1.82, 2.24) is 25.2 Å². The molecule has 188 valence electrons. The Morgan fingerprint density at radius 1 is 1.06 bits per heavy atom. The van der Waals surface area contributed by atoms with Crippen LogP contribution >= 0.6 is 0 Å². The summed E-state index contributed by atoms with van der Waals surface area (Å²) in [6, 6.07) is 12.6. The first-order valence-electron chi connectivity index (χ1n) is 10.6. The summed E-state index contributed by atoms with van der Waals surface area (Å²) in [6.07, 6.45) is -5.35. The van der Waals surface area contributed by atoms with Gasteiger partial charge in [0.25, 0.3) is 11.8 Å². The van der Waals surface area contributed by atoms with E-state index in [4.69, 9.17) is 14.7 Å². The van der Waals surface area contributed by atoms with Gasteiger partial charge in [-0.05, 0) is 17.7 Å². The Morgan fingerprint density at radius 3 is 2.33 bits per heavy atom. The predicted octanol–water partition coefficient (Wildman–Crippen LogP) is 2.11. The van der Waals surface area contributed by atoms with Gasteiger partial charge >= 0.3 is 6.18 Å². The van der Waals surface area contributed by atoms with Crippen LogP contribution in [0, 0.1) is 0 Å². The summed E-state index contributed by atoms with van der Waals surface area (Å²) in [5, 5.41) is 38.2. The zero-order valence-corrected chi connectivity index (χ0v) is 18.4. The molecule has 10 nitrogen and oxygen atoms in total. The van der Waals surface area contributed by atoms with Crippen LogP contribution in [0.5, 0.6) is 0 Å². The maximum absolute atomic E-state index is 13.9. The topological polar surface area (TPSA) is 147 Å². The van der Waals surface area contributed by atoms with Crippen molar-refractivity contribution in [2.24, 2.45) is 0 Å². The van der Waals surface area contributed by atoms with Gasteiger partial charge in [-0.1, -0.05) is 47.6 Å². The highest BCUT2D eigenvalue weighted by Crippen LogP contribution is 2.38. The van der Waals surface area contributed by atoms with Crippen LogP contribution in [-0.2, 0) is 11.0 Å². The second-order valence-corrected chi connectivity index (χ2v) is 7.67. The summed E-state index contributed by atoms with van der Waals surface area (Å²) >= 11 is 0. The number of hydrogen-bond donors (Lipinski definition) is 4. The van der Waals surface area contributed by atoms with Crippen molar-refractivity contribution in [1.29, 1.82) is 0 Å². The van der Waals surface area contributed by atoms with Gasteiger partial charge in [0.15, 0.2) is 11.8 Å². The highest BCUT2D eigenvalue weighted by Gasteiger charge is 2.40. The maximum Gasteiger partial charge on any atom is 0.434 e. The van der Waals surface area contributed by atoms with Gasteiger partial charge in [0, 0.05) is 5.56 Å². The van der Waals surface area contributed by atoms with E-state index in [1.54, 1.807) is 18.2 Å². The Hall–Kier alpha value is -4.07. The highest BCUT2D eigenvalue weighted by molar-refractivity contribution is 5.82. The van der Waals surface area contributed by atoms with E-state index in [1.807, 2.05) is 0 Å². The molecule has 0 aliphatic heterocycles. The lowest BCUT2D eigenvalue weighted by Gasteiger charge is -2.17. The summed E-state index contributed by atoms with van der Waals surface area (Å²) in [6.45, 7) is -1.01. The number of aliphatic hydroxyl groups is 3. The molecule has 4 N–H and O–H groups in total. The SMILES string of the molecule is O=C(NC(CO)CO)C(O)c1ccc(-c2noc(-c3cnn(-c4ccccc4)c3C(F)(F)F)n2)cc1. The molecule has 0 saturated heterocycles. The van der Waals surface area contributed by atoms with Crippen molar-refractivity contribution in [2.45, 2.75) is 18.3 Å². The van der Waals surface area contributed by atoms with Crippen LogP contribution in [-0.4, -0.2) is 60.4 Å². The molecule has 1 amide bonds. The van der Waals surface area contributed by atoms with Gasteiger partial charge in [0.2, 0.25) is 5.82 Å². The fourth-order valence-corrected chi connectivity index (χ4v) is 3.39. The Labute approximate surface area is 201 Å². The Balaban J connectivity index is 1.59. The predicted molar refractivity (Wildman–Crippen MR) is 118 cm³/mol. The molecule has 0 aliphatic carbocycles. The monoisotopic (exact) mass is 503 g/mol. The Bertz CT molecular complexity index is 1320. The van der Waals surface area contributed by atoms with E-state index in [1.165, 1.54) is 36.4 Å². The largest absolute Gasteiger partial charge is 0.434 e. The van der Waals surface area contributed by atoms with E-state index < -0.39 is 48.7 Å². The van der Waals surface area contributed by atoms with Crippen LogP contribution in [0.15, 0.2) is 65.3 Å². The molecule has 4 aromatic rings. The Kier molecular flexibility index (Phi) is 7.15. The van der Waals surface area contributed by atoms with Crippen molar-refractivity contribution in [3.63, 3.8) is 0 Å². The van der Waals surface area contributed by atoms with Crippen LogP contribution in [0.4, 0.5) is 13.2 Å². The molecule has 2 aromatic heterocycles. The molecule has 0 radical (unpaired) electrons. The number of carbonyl (C=O) groups is 1. The average molecular weight is 503 g/mol. The van der Waals surface area contributed by atoms with Gasteiger partial charge in [-0.25, -0.2) is 4.68 Å². The summed E-state index contributed by atoms with van der Waals surface area (Å²) in [4.78, 5) is 16.2. The minimum Gasteiger partial charge on any atom is -0.394 e. The number of aliphatic hydroxyl groups excluding tert-OH is 3. The molecule has 1 atom stereocenters. The average Bonchev–Trinajstić information content (AvgIpc) is 3.55. The second kappa shape index (κ2) is 10.3. The van der Waals surface area contributed by atoms with E-state index >= 15 is 0 Å². The van der Waals surface area contributed by atoms with Gasteiger partial charge in [-0.3, -0.25) is 4.79 Å². The molecule has 2 aromatic carbocycles. The van der Waals surface area contributed by atoms with Gasteiger partial charge in [-0.15, -0.1) is 0 Å². The number of alkyl halides is 3. The van der Waals surface area contributed by atoms with E-state index in [0.717, 1.165) is 10.9 Å². The number of nitrogens with one attached hydrogen (secondary N) is 1. The third-order valence-electron chi connectivity index (χ3n) is 5.22. The number of nitrogens with zero attached hydrogens (tertiary/aromatic N) is 4. The molecule has 36 heavy (non-hydrogen) atoms. The highest BCUT2D eigenvalue weighted by atomic mass is 19.4. The number of benzene rings is 2. The smallest absolute Gasteiger partial charge is 0.394 e. The minimum absolute atomic E-state index is 0.0169. The molecule has 0 bridgehead atoms. The van der Waals surface area contributed by atoms with Gasteiger partial charge in [0.1, 0.15) is 0 Å². The molecule has 0 saturated carbocycles. The van der Waals surface area contributed by atoms with Crippen LogP contribution in [0.1, 0.15) is 17.4 Å². The number of carbonyl (C=O) groups excluding carboxylic acids is 1. The van der Waals surface area contributed by atoms with Crippen molar-refractivity contribution < 1.29 is 37.8 Å². The van der Waals surface area contributed by atoms with Crippen molar-refractivity contribution in [3.8, 4) is 28.5 Å². The van der Waals surface area contributed by atoms with Gasteiger partial charge in [0.05, 0.1) is 36.7 Å². The van der Waals surface area contributed by atoms with E-state index in [9.17, 15) is 23.1 Å². The van der Waals surface area contributed by atoms with Crippen LogP contribution in [0.3, 0.4) is 0 Å². The lowest BCUT2D eigenvalue weighted by Crippen LogP contribution is -2.42. The van der Waals surface area contributed by atoms with Crippen molar-refractivity contribution in [3.05, 3.63) is 72.1 Å². The number of aromatic nitrogens is 4. The maximum atomic E-state index is 13.9. The minimum atomic E-state index is -4.76. The first kappa shape index (κ1) is 25.0. The van der Waals surface area contributed by atoms with Crippen LogP contribution in [0.25, 0.3) is 28.5 Å². The quantitative estimate of drug-likeness (QED) is 0.286. The zero-order valence-electron chi connectivity index (χ0n) is 18.4. The van der Waals surface area contributed by atoms with E-state index in [2.05, 4.69) is 20.6 Å². The van der Waals surface area contributed by atoms with Crippen molar-refractivity contribution >= 4 is 5.91 Å². The summed E-state index contributed by atoms with van der Waals surface area (Å²) in [5.41, 5.74) is -0.709. The normalized spacial score (nSPS) is 12.6. The number of para-hydroxylation sites is 1. The molecule has 1 unspecified atom stereocenters. The second-order valence-electron chi connectivity index (χ2n) is 7.67. The van der Waals surface area contributed by atoms with Gasteiger partial charge in [-0.2, -0.15) is 23.3 Å². The number of hydrogen-bond acceptors (Lipinski definition) is 8. The van der Waals surface area contributed by atoms with Gasteiger partial charge < -0.3 is 25.2 Å².